The van der Waals surface area contributed by atoms with E-state index in [2.05, 4.69) is 10.3 Å². The van der Waals surface area contributed by atoms with Crippen LogP contribution >= 0.6 is 11.3 Å². The van der Waals surface area contributed by atoms with Crippen LogP contribution in [0.15, 0.2) is 41.5 Å². The highest BCUT2D eigenvalue weighted by Crippen LogP contribution is 2.30. The molecule has 3 aromatic heterocycles. The standard InChI is InChI=1S/C25H27N5O3S/c1-15-19-24(27-18-10-5-4-6-12-30(18)25(19)32)34-21(15)23(31)28-20(22-26-11-13-29(22)2)16-8-7-9-17(14-16)33-3/h7-9,11,13-14,20H,4-6,10,12H2,1-3H3,(H,28,31). The number of carbonyl (C=O) groups is 1. The van der Waals surface area contributed by atoms with Gasteiger partial charge in [-0.15, -0.1) is 11.3 Å². The molecule has 34 heavy (non-hydrogen) atoms. The van der Waals surface area contributed by atoms with Crippen LogP contribution in [-0.4, -0.2) is 32.1 Å². The minimum Gasteiger partial charge on any atom is -0.497 e. The maximum atomic E-state index is 13.6. The van der Waals surface area contributed by atoms with E-state index in [9.17, 15) is 9.59 Å². The summed E-state index contributed by atoms with van der Waals surface area (Å²) in [4.78, 5) is 37.3. The molecule has 0 fully saturated rings. The first-order valence-corrected chi connectivity index (χ1v) is 12.2. The molecule has 1 aliphatic rings. The lowest BCUT2D eigenvalue weighted by molar-refractivity contribution is 0.0944. The number of benzene rings is 1. The molecule has 1 N–H and O–H groups in total. The van der Waals surface area contributed by atoms with Gasteiger partial charge in [0.15, 0.2) is 0 Å². The Balaban J connectivity index is 1.56. The van der Waals surface area contributed by atoms with E-state index in [0.29, 0.717) is 38.8 Å². The predicted molar refractivity (Wildman–Crippen MR) is 132 cm³/mol. The number of hydrogen-bond donors (Lipinski definition) is 1. The second kappa shape index (κ2) is 9.06. The number of nitrogens with one attached hydrogen (secondary N) is 1. The van der Waals surface area contributed by atoms with Gasteiger partial charge in [0.25, 0.3) is 11.5 Å². The van der Waals surface area contributed by atoms with Gasteiger partial charge in [-0.05, 0) is 43.0 Å². The summed E-state index contributed by atoms with van der Waals surface area (Å²) in [6, 6.07) is 7.09. The highest BCUT2D eigenvalue weighted by molar-refractivity contribution is 7.20. The molecule has 0 saturated carbocycles. The Morgan fingerprint density at radius 2 is 2.12 bits per heavy atom. The van der Waals surface area contributed by atoms with Crippen molar-refractivity contribution in [1.29, 1.82) is 0 Å². The van der Waals surface area contributed by atoms with Crippen LogP contribution in [0.1, 0.15) is 57.8 Å². The molecule has 8 nitrogen and oxygen atoms in total. The minimum atomic E-state index is -0.488. The van der Waals surface area contributed by atoms with Gasteiger partial charge in [0.1, 0.15) is 28.3 Å². The summed E-state index contributed by atoms with van der Waals surface area (Å²) >= 11 is 1.28. The van der Waals surface area contributed by atoms with E-state index in [-0.39, 0.29) is 11.5 Å². The molecule has 176 valence electrons. The number of nitrogens with zero attached hydrogens (tertiary/aromatic N) is 4. The molecule has 0 saturated heterocycles. The van der Waals surface area contributed by atoms with Gasteiger partial charge in [0, 0.05) is 32.4 Å². The summed E-state index contributed by atoms with van der Waals surface area (Å²) in [5.74, 6) is 1.97. The molecule has 0 aliphatic carbocycles. The number of hydrogen-bond acceptors (Lipinski definition) is 6. The van der Waals surface area contributed by atoms with Crippen molar-refractivity contribution in [3.63, 3.8) is 0 Å². The molecule has 9 heteroatoms. The zero-order valence-electron chi connectivity index (χ0n) is 19.5. The lowest BCUT2D eigenvalue weighted by atomic mass is 10.1. The summed E-state index contributed by atoms with van der Waals surface area (Å²) in [6.07, 6.45) is 7.45. The fourth-order valence-corrected chi connectivity index (χ4v) is 5.69. The molecule has 0 radical (unpaired) electrons. The third-order valence-corrected chi connectivity index (χ3v) is 7.62. The number of thiophene rings is 1. The number of ether oxygens (including phenoxy) is 1. The zero-order chi connectivity index (χ0) is 23.8. The quantitative estimate of drug-likeness (QED) is 0.473. The molecule has 1 aliphatic heterocycles. The van der Waals surface area contributed by atoms with Crippen molar-refractivity contribution in [3.05, 3.63) is 74.7 Å². The fourth-order valence-electron chi connectivity index (χ4n) is 4.60. The summed E-state index contributed by atoms with van der Waals surface area (Å²) < 4.78 is 9.07. The second-order valence-electron chi connectivity index (χ2n) is 8.61. The number of methoxy groups -OCH3 is 1. The minimum absolute atomic E-state index is 0.0388. The number of imidazole rings is 1. The van der Waals surface area contributed by atoms with Crippen molar-refractivity contribution in [2.24, 2.45) is 7.05 Å². The number of aryl methyl sites for hydroxylation is 3. The lowest BCUT2D eigenvalue weighted by Gasteiger charge is -2.19. The topological polar surface area (TPSA) is 91.0 Å². The molecule has 4 aromatic rings. The van der Waals surface area contributed by atoms with Gasteiger partial charge in [-0.2, -0.15) is 0 Å². The highest BCUT2D eigenvalue weighted by Gasteiger charge is 2.26. The third-order valence-electron chi connectivity index (χ3n) is 6.44. The van der Waals surface area contributed by atoms with Crippen molar-refractivity contribution in [1.82, 2.24) is 24.4 Å². The number of carbonyl (C=O) groups excluding carboxylic acids is 1. The van der Waals surface area contributed by atoms with E-state index >= 15 is 0 Å². The van der Waals surface area contributed by atoms with Crippen molar-refractivity contribution < 1.29 is 9.53 Å². The molecule has 0 spiro atoms. The Labute approximate surface area is 201 Å². The first-order chi connectivity index (χ1) is 16.5. The van der Waals surface area contributed by atoms with E-state index in [0.717, 1.165) is 37.1 Å². The van der Waals surface area contributed by atoms with E-state index in [1.807, 2.05) is 49.0 Å². The van der Waals surface area contributed by atoms with E-state index in [4.69, 9.17) is 9.72 Å². The molecule has 0 bridgehead atoms. The molecule has 1 aromatic carbocycles. The van der Waals surface area contributed by atoms with Crippen LogP contribution in [0, 0.1) is 6.92 Å². The van der Waals surface area contributed by atoms with Crippen molar-refractivity contribution >= 4 is 27.5 Å². The van der Waals surface area contributed by atoms with Crippen LogP contribution in [0.2, 0.25) is 0 Å². The van der Waals surface area contributed by atoms with Crippen LogP contribution in [0.4, 0.5) is 0 Å². The normalized spacial score (nSPS) is 14.4. The number of aromatic nitrogens is 4. The number of amides is 1. The van der Waals surface area contributed by atoms with E-state index in [1.54, 1.807) is 17.9 Å². The summed E-state index contributed by atoms with van der Waals surface area (Å²) in [5.41, 5.74) is 1.49. The third kappa shape index (κ3) is 3.90. The Hall–Kier alpha value is -3.46. The van der Waals surface area contributed by atoms with Crippen LogP contribution in [0.5, 0.6) is 5.75 Å². The Kier molecular flexibility index (Phi) is 5.95. The van der Waals surface area contributed by atoms with Crippen LogP contribution in [0.25, 0.3) is 10.2 Å². The smallest absolute Gasteiger partial charge is 0.262 e. The van der Waals surface area contributed by atoms with Crippen molar-refractivity contribution in [2.45, 2.75) is 45.2 Å². The average Bonchev–Trinajstić information content (AvgIpc) is 3.31. The van der Waals surface area contributed by atoms with Crippen LogP contribution < -0.4 is 15.6 Å². The average molecular weight is 478 g/mol. The first-order valence-electron chi connectivity index (χ1n) is 11.4. The molecule has 5 rings (SSSR count). The highest BCUT2D eigenvalue weighted by atomic mass is 32.1. The Morgan fingerprint density at radius 3 is 2.88 bits per heavy atom. The molecule has 1 atom stereocenters. The zero-order valence-corrected chi connectivity index (χ0v) is 20.3. The van der Waals surface area contributed by atoms with Crippen molar-refractivity contribution in [3.8, 4) is 5.75 Å². The predicted octanol–water partition coefficient (Wildman–Crippen LogP) is 3.75. The SMILES string of the molecule is COc1cccc(C(NC(=O)c2sc3nc4n(c(=O)c3c2C)CCCCC4)c2nccn2C)c1. The number of rotatable bonds is 5. The van der Waals surface area contributed by atoms with E-state index in [1.165, 1.54) is 11.3 Å². The molecular weight excluding hydrogens is 450 g/mol. The molecular formula is C25H27N5O3S. The van der Waals surface area contributed by atoms with E-state index < -0.39 is 6.04 Å². The Morgan fingerprint density at radius 1 is 1.26 bits per heavy atom. The lowest BCUT2D eigenvalue weighted by Crippen LogP contribution is -2.31. The largest absolute Gasteiger partial charge is 0.497 e. The van der Waals surface area contributed by atoms with Gasteiger partial charge in [-0.3, -0.25) is 14.2 Å². The fraction of sp³-hybridized carbons (Fsp3) is 0.360. The van der Waals surface area contributed by atoms with Gasteiger partial charge >= 0.3 is 0 Å². The Bertz CT molecular complexity index is 1430. The van der Waals surface area contributed by atoms with Gasteiger partial charge in [-0.1, -0.05) is 18.6 Å². The summed E-state index contributed by atoms with van der Waals surface area (Å²) in [6.45, 7) is 2.52. The molecule has 1 unspecified atom stereocenters. The summed E-state index contributed by atoms with van der Waals surface area (Å²) in [5, 5.41) is 3.69. The maximum Gasteiger partial charge on any atom is 0.262 e. The molecule has 4 heterocycles. The van der Waals surface area contributed by atoms with Crippen LogP contribution in [0.3, 0.4) is 0 Å². The van der Waals surface area contributed by atoms with Gasteiger partial charge in [0.2, 0.25) is 0 Å². The number of fused-ring (bicyclic) bond motifs is 2. The van der Waals surface area contributed by atoms with Crippen molar-refractivity contribution in [2.75, 3.05) is 7.11 Å². The van der Waals surface area contributed by atoms with Gasteiger partial charge in [0.05, 0.1) is 17.4 Å². The van der Waals surface area contributed by atoms with Gasteiger partial charge in [-0.25, -0.2) is 9.97 Å². The second-order valence-corrected chi connectivity index (χ2v) is 9.61. The van der Waals surface area contributed by atoms with Crippen LogP contribution in [-0.2, 0) is 20.0 Å². The van der Waals surface area contributed by atoms with Gasteiger partial charge < -0.3 is 14.6 Å². The first kappa shape index (κ1) is 22.3. The summed E-state index contributed by atoms with van der Waals surface area (Å²) in [7, 11) is 3.51. The monoisotopic (exact) mass is 477 g/mol. The maximum absolute atomic E-state index is 13.6. The molecule has 1 amide bonds.